The van der Waals surface area contributed by atoms with Crippen molar-refractivity contribution < 1.29 is 27.6 Å². The second-order valence-corrected chi connectivity index (χ2v) is 5.39. The molecule has 1 fully saturated rings. The van der Waals surface area contributed by atoms with Crippen molar-refractivity contribution >= 4 is 11.4 Å². The summed E-state index contributed by atoms with van der Waals surface area (Å²) in [6, 6.07) is 2.79. The zero-order chi connectivity index (χ0) is 17.2. The van der Waals surface area contributed by atoms with Gasteiger partial charge in [-0.05, 0) is 13.0 Å². The molecule has 0 N–H and O–H groups in total. The van der Waals surface area contributed by atoms with Crippen LogP contribution in [0.3, 0.4) is 0 Å². The molecule has 128 valence electrons. The summed E-state index contributed by atoms with van der Waals surface area (Å²) in [5, 5.41) is 10.7. The number of alkyl halides is 3. The summed E-state index contributed by atoms with van der Waals surface area (Å²) in [5.41, 5.74) is -1.69. The Balaban J connectivity index is 2.39. The van der Waals surface area contributed by atoms with Crippen LogP contribution < -0.4 is 4.90 Å². The lowest BCUT2D eigenvalue weighted by atomic mass is 10.1. The monoisotopic (exact) mass is 334 g/mol. The van der Waals surface area contributed by atoms with Crippen molar-refractivity contribution in [3.8, 4) is 0 Å². The molecule has 1 aromatic rings. The van der Waals surface area contributed by atoms with Crippen LogP contribution in [0.2, 0.25) is 0 Å². The van der Waals surface area contributed by atoms with Gasteiger partial charge < -0.3 is 14.4 Å². The van der Waals surface area contributed by atoms with Gasteiger partial charge in [0.1, 0.15) is 0 Å². The molecule has 9 heteroatoms. The van der Waals surface area contributed by atoms with Crippen molar-refractivity contribution in [2.45, 2.75) is 25.3 Å². The number of non-ortho nitro benzene ring substituents is 1. The molecule has 0 amide bonds. The number of nitro groups is 1. The Labute approximate surface area is 130 Å². The third-order valence-corrected chi connectivity index (χ3v) is 3.52. The van der Waals surface area contributed by atoms with Crippen LogP contribution in [0.25, 0.3) is 0 Å². The topological polar surface area (TPSA) is 64.8 Å². The van der Waals surface area contributed by atoms with Gasteiger partial charge in [-0.3, -0.25) is 10.1 Å². The summed E-state index contributed by atoms with van der Waals surface area (Å²) < 4.78 is 50.5. The van der Waals surface area contributed by atoms with Crippen molar-refractivity contribution in [1.29, 1.82) is 0 Å². The van der Waals surface area contributed by atoms with Gasteiger partial charge in [0.05, 0.1) is 29.3 Å². The summed E-state index contributed by atoms with van der Waals surface area (Å²) >= 11 is 0. The molecule has 0 bridgehead atoms. The van der Waals surface area contributed by atoms with E-state index in [-0.39, 0.29) is 37.6 Å². The molecular formula is C14H17F3N2O4. The lowest BCUT2D eigenvalue weighted by Crippen LogP contribution is -2.48. The average molecular weight is 334 g/mol. The molecule has 0 radical (unpaired) electrons. The van der Waals surface area contributed by atoms with Gasteiger partial charge in [0, 0.05) is 38.0 Å². The first kappa shape index (κ1) is 17.5. The van der Waals surface area contributed by atoms with Crippen molar-refractivity contribution in [3.05, 3.63) is 33.9 Å². The van der Waals surface area contributed by atoms with Crippen LogP contribution in [0.4, 0.5) is 24.5 Å². The Morgan fingerprint density at radius 3 is 2.70 bits per heavy atom. The minimum atomic E-state index is -4.68. The van der Waals surface area contributed by atoms with Gasteiger partial charge >= 0.3 is 6.18 Å². The molecule has 1 heterocycles. The van der Waals surface area contributed by atoms with E-state index in [4.69, 9.17) is 9.47 Å². The molecule has 23 heavy (non-hydrogen) atoms. The summed E-state index contributed by atoms with van der Waals surface area (Å²) in [6.07, 6.45) is -5.32. The highest BCUT2D eigenvalue weighted by molar-refractivity contribution is 5.59. The highest BCUT2D eigenvalue weighted by Gasteiger charge is 2.38. The number of rotatable bonds is 4. The summed E-state index contributed by atoms with van der Waals surface area (Å²) in [5.74, 6) is 0. The Kier molecular flexibility index (Phi) is 5.10. The van der Waals surface area contributed by atoms with E-state index in [9.17, 15) is 23.3 Å². The molecule has 0 spiro atoms. The maximum atomic E-state index is 13.3. The quantitative estimate of drug-likeness (QED) is 0.626. The molecule has 0 aromatic heterocycles. The first-order valence-electron chi connectivity index (χ1n) is 6.97. The molecule has 6 nitrogen and oxygen atoms in total. The van der Waals surface area contributed by atoms with E-state index in [1.165, 1.54) is 12.0 Å². The van der Waals surface area contributed by atoms with E-state index in [1.54, 1.807) is 6.92 Å². The van der Waals surface area contributed by atoms with Gasteiger partial charge in [-0.2, -0.15) is 13.2 Å². The third-order valence-electron chi connectivity index (χ3n) is 3.52. The van der Waals surface area contributed by atoms with Crippen molar-refractivity contribution in [1.82, 2.24) is 0 Å². The fraction of sp³-hybridized carbons (Fsp3) is 0.571. The van der Waals surface area contributed by atoms with Gasteiger partial charge in [-0.15, -0.1) is 0 Å². The predicted octanol–water partition coefficient (Wildman–Crippen LogP) is 2.85. The molecule has 1 aliphatic rings. The van der Waals surface area contributed by atoms with E-state index >= 15 is 0 Å². The van der Waals surface area contributed by atoms with Crippen molar-refractivity contribution in [3.63, 3.8) is 0 Å². The molecule has 2 atom stereocenters. The van der Waals surface area contributed by atoms with E-state index < -0.39 is 22.4 Å². The van der Waals surface area contributed by atoms with Crippen LogP contribution in [0.1, 0.15) is 12.5 Å². The SMILES string of the molecule is COCC1CN(c2ccc([N+](=O)[O-])cc2C(F)(F)F)CC(C)O1. The number of ether oxygens (including phenoxy) is 2. The minimum absolute atomic E-state index is 0.0839. The molecular weight excluding hydrogens is 317 g/mol. The number of hydrogen-bond acceptors (Lipinski definition) is 5. The number of nitro benzene ring substituents is 1. The zero-order valence-corrected chi connectivity index (χ0v) is 12.7. The lowest BCUT2D eigenvalue weighted by molar-refractivity contribution is -0.385. The van der Waals surface area contributed by atoms with Crippen LogP contribution in [0, 0.1) is 10.1 Å². The maximum absolute atomic E-state index is 13.3. The van der Waals surface area contributed by atoms with E-state index in [1.807, 2.05) is 0 Å². The van der Waals surface area contributed by atoms with E-state index in [2.05, 4.69) is 0 Å². The number of benzene rings is 1. The maximum Gasteiger partial charge on any atom is 0.418 e. The number of nitrogens with zero attached hydrogens (tertiary/aromatic N) is 2. The van der Waals surface area contributed by atoms with Crippen LogP contribution in [0.5, 0.6) is 0 Å². The van der Waals surface area contributed by atoms with Crippen LogP contribution in [-0.2, 0) is 15.7 Å². The predicted molar refractivity (Wildman–Crippen MR) is 76.5 cm³/mol. The highest BCUT2D eigenvalue weighted by Crippen LogP contribution is 2.39. The molecule has 1 saturated heterocycles. The second-order valence-electron chi connectivity index (χ2n) is 5.39. The fourth-order valence-electron chi connectivity index (χ4n) is 2.66. The normalized spacial score (nSPS) is 22.2. The minimum Gasteiger partial charge on any atom is -0.382 e. The van der Waals surface area contributed by atoms with Gasteiger partial charge in [0.25, 0.3) is 5.69 Å². The van der Waals surface area contributed by atoms with Gasteiger partial charge in [0.15, 0.2) is 0 Å². The van der Waals surface area contributed by atoms with Crippen molar-refractivity contribution in [2.75, 3.05) is 31.7 Å². The van der Waals surface area contributed by atoms with Crippen LogP contribution in [-0.4, -0.2) is 43.9 Å². The lowest BCUT2D eigenvalue weighted by Gasteiger charge is -2.38. The molecule has 1 aliphatic heterocycles. The number of halogens is 3. The molecule has 2 rings (SSSR count). The van der Waals surface area contributed by atoms with Crippen LogP contribution in [0.15, 0.2) is 18.2 Å². The molecule has 0 saturated carbocycles. The summed E-state index contributed by atoms with van der Waals surface area (Å²) in [4.78, 5) is 11.4. The van der Waals surface area contributed by atoms with Crippen molar-refractivity contribution in [2.24, 2.45) is 0 Å². The zero-order valence-electron chi connectivity index (χ0n) is 12.7. The van der Waals surface area contributed by atoms with Crippen LogP contribution >= 0.6 is 0 Å². The Bertz CT molecular complexity index is 580. The highest BCUT2D eigenvalue weighted by atomic mass is 19.4. The number of anilines is 1. The molecule has 1 aromatic carbocycles. The fourth-order valence-corrected chi connectivity index (χ4v) is 2.66. The molecule has 2 unspecified atom stereocenters. The number of hydrogen-bond donors (Lipinski definition) is 0. The standard InChI is InChI=1S/C14H17F3N2O4/c1-9-6-18(7-11(23-9)8-22-2)13-4-3-10(19(20)21)5-12(13)14(15,16)17/h3-5,9,11H,6-8H2,1-2H3. The number of morpholine rings is 1. The summed E-state index contributed by atoms with van der Waals surface area (Å²) in [7, 11) is 1.49. The average Bonchev–Trinajstić information content (AvgIpc) is 2.45. The largest absolute Gasteiger partial charge is 0.418 e. The second kappa shape index (κ2) is 6.71. The van der Waals surface area contributed by atoms with Gasteiger partial charge in [-0.25, -0.2) is 0 Å². The smallest absolute Gasteiger partial charge is 0.382 e. The van der Waals surface area contributed by atoms with E-state index in [0.29, 0.717) is 6.07 Å². The third kappa shape index (κ3) is 4.11. The Morgan fingerprint density at radius 2 is 2.13 bits per heavy atom. The Morgan fingerprint density at radius 1 is 1.43 bits per heavy atom. The number of methoxy groups -OCH3 is 1. The van der Waals surface area contributed by atoms with Gasteiger partial charge in [-0.1, -0.05) is 0 Å². The Hall–Kier alpha value is -1.87. The summed E-state index contributed by atoms with van der Waals surface area (Å²) in [6.45, 7) is 2.50. The first-order valence-corrected chi connectivity index (χ1v) is 6.97. The first-order chi connectivity index (χ1) is 10.7. The van der Waals surface area contributed by atoms with Gasteiger partial charge in [0.2, 0.25) is 0 Å². The molecule has 0 aliphatic carbocycles. The van der Waals surface area contributed by atoms with E-state index in [0.717, 1.165) is 12.1 Å².